The highest BCUT2D eigenvalue weighted by Gasteiger charge is 2.37. The maximum atomic E-state index is 13.1. The highest BCUT2D eigenvalue weighted by molar-refractivity contribution is 6.39. The van der Waals surface area contributed by atoms with Crippen LogP contribution < -0.4 is 15.0 Å². The molecule has 0 saturated carbocycles. The first kappa shape index (κ1) is 22.2. The van der Waals surface area contributed by atoms with Crippen molar-refractivity contribution < 1.29 is 23.5 Å². The van der Waals surface area contributed by atoms with Gasteiger partial charge in [-0.2, -0.15) is 0 Å². The van der Waals surface area contributed by atoms with Crippen LogP contribution in [0.2, 0.25) is 5.02 Å². The van der Waals surface area contributed by atoms with Crippen LogP contribution in [-0.4, -0.2) is 17.8 Å². The van der Waals surface area contributed by atoms with Gasteiger partial charge >= 0.3 is 6.03 Å². The van der Waals surface area contributed by atoms with Crippen molar-refractivity contribution in [2.45, 2.75) is 13.5 Å². The minimum Gasteiger partial charge on any atom is -0.488 e. The number of amides is 4. The smallest absolute Gasteiger partial charge is 0.335 e. The predicted octanol–water partition coefficient (Wildman–Crippen LogP) is 5.03. The number of aryl methyl sites for hydroxylation is 1. The van der Waals surface area contributed by atoms with Crippen molar-refractivity contribution in [2.24, 2.45) is 0 Å². The Labute approximate surface area is 194 Å². The number of hydrogen-bond acceptors (Lipinski definition) is 4. The fraction of sp³-hybridized carbons (Fsp3) is 0.0800. The minimum atomic E-state index is -0.858. The number of barbiturate groups is 1. The molecule has 1 fully saturated rings. The zero-order valence-electron chi connectivity index (χ0n) is 17.5. The van der Waals surface area contributed by atoms with Crippen molar-refractivity contribution in [1.82, 2.24) is 5.32 Å². The van der Waals surface area contributed by atoms with E-state index in [1.165, 1.54) is 24.3 Å². The van der Waals surface area contributed by atoms with E-state index < -0.39 is 17.8 Å². The molecule has 0 atom stereocenters. The van der Waals surface area contributed by atoms with E-state index in [1.807, 2.05) is 0 Å². The normalized spacial score (nSPS) is 15.1. The Morgan fingerprint density at radius 1 is 1.03 bits per heavy atom. The van der Waals surface area contributed by atoms with Gasteiger partial charge in [-0.3, -0.25) is 14.9 Å². The number of imide groups is 2. The number of rotatable bonds is 5. The monoisotopic (exact) mass is 464 g/mol. The van der Waals surface area contributed by atoms with Crippen molar-refractivity contribution >= 4 is 41.2 Å². The third-order valence-electron chi connectivity index (χ3n) is 5.04. The van der Waals surface area contributed by atoms with E-state index in [0.717, 1.165) is 16.0 Å². The van der Waals surface area contributed by atoms with Gasteiger partial charge in [0.2, 0.25) is 0 Å². The van der Waals surface area contributed by atoms with Gasteiger partial charge in [0.15, 0.2) is 0 Å². The van der Waals surface area contributed by atoms with E-state index >= 15 is 0 Å². The minimum absolute atomic E-state index is 0.160. The third-order valence-corrected chi connectivity index (χ3v) is 5.45. The number of anilines is 1. The van der Waals surface area contributed by atoms with Crippen LogP contribution in [0.25, 0.3) is 6.08 Å². The highest BCUT2D eigenvalue weighted by Crippen LogP contribution is 2.28. The van der Waals surface area contributed by atoms with Gasteiger partial charge in [-0.25, -0.2) is 14.1 Å². The van der Waals surface area contributed by atoms with Crippen LogP contribution >= 0.6 is 11.6 Å². The Morgan fingerprint density at radius 3 is 2.48 bits per heavy atom. The van der Waals surface area contributed by atoms with Crippen LogP contribution in [0, 0.1) is 12.7 Å². The number of para-hydroxylation sites is 1. The zero-order valence-corrected chi connectivity index (χ0v) is 18.2. The molecule has 0 bridgehead atoms. The molecular formula is C25H18ClFN2O4. The molecule has 3 aromatic rings. The summed E-state index contributed by atoms with van der Waals surface area (Å²) in [4.78, 5) is 38.9. The number of nitrogens with one attached hydrogen (secondary N) is 1. The van der Waals surface area contributed by atoms with Gasteiger partial charge in [-0.15, -0.1) is 0 Å². The van der Waals surface area contributed by atoms with Gasteiger partial charge in [0, 0.05) is 10.6 Å². The van der Waals surface area contributed by atoms with Gasteiger partial charge in [-0.1, -0.05) is 48.0 Å². The maximum absolute atomic E-state index is 13.1. The molecule has 166 valence electrons. The Balaban J connectivity index is 1.64. The van der Waals surface area contributed by atoms with Gasteiger partial charge in [0.25, 0.3) is 11.8 Å². The second-order valence-electron chi connectivity index (χ2n) is 7.34. The summed E-state index contributed by atoms with van der Waals surface area (Å²) in [6.07, 6.45) is 1.37. The summed E-state index contributed by atoms with van der Waals surface area (Å²) in [6, 6.07) is 16.6. The molecule has 1 aliphatic heterocycles. The SMILES string of the molecule is Cc1ccc(N2C(=O)NC(=O)/C(=C/c3ccccc3OCc3ccc(F)cc3)C2=O)cc1Cl. The maximum Gasteiger partial charge on any atom is 0.335 e. The lowest BCUT2D eigenvalue weighted by molar-refractivity contribution is -0.122. The largest absolute Gasteiger partial charge is 0.488 e. The molecule has 4 rings (SSSR count). The average Bonchev–Trinajstić information content (AvgIpc) is 2.79. The first-order valence-electron chi connectivity index (χ1n) is 9.97. The highest BCUT2D eigenvalue weighted by atomic mass is 35.5. The van der Waals surface area contributed by atoms with Crippen LogP contribution in [0.1, 0.15) is 16.7 Å². The molecule has 0 radical (unpaired) electrons. The van der Waals surface area contributed by atoms with Crippen LogP contribution in [0.15, 0.2) is 72.3 Å². The summed E-state index contributed by atoms with van der Waals surface area (Å²) in [7, 11) is 0. The molecule has 1 saturated heterocycles. The molecule has 1 aliphatic rings. The van der Waals surface area contributed by atoms with Crippen molar-refractivity contribution in [3.8, 4) is 5.75 Å². The number of urea groups is 1. The molecule has 0 aliphatic carbocycles. The molecule has 0 spiro atoms. The molecule has 1 N–H and O–H groups in total. The second-order valence-corrected chi connectivity index (χ2v) is 7.75. The first-order valence-corrected chi connectivity index (χ1v) is 10.3. The molecule has 1 heterocycles. The lowest BCUT2D eigenvalue weighted by atomic mass is 10.1. The fourth-order valence-electron chi connectivity index (χ4n) is 3.24. The standard InChI is InChI=1S/C25H18ClFN2O4/c1-15-6-11-19(13-21(15)26)29-24(31)20(23(30)28-25(29)32)12-17-4-2-3-5-22(17)33-14-16-7-9-18(27)10-8-16/h2-13H,14H2,1H3,(H,28,30,32)/b20-12-. The number of ether oxygens (including phenoxy) is 1. The summed E-state index contributed by atoms with van der Waals surface area (Å²) >= 11 is 6.15. The number of carbonyl (C=O) groups excluding carboxylic acids is 3. The third kappa shape index (κ3) is 4.78. The van der Waals surface area contributed by atoms with E-state index in [9.17, 15) is 18.8 Å². The van der Waals surface area contributed by atoms with E-state index in [-0.39, 0.29) is 23.7 Å². The topological polar surface area (TPSA) is 75.7 Å². The molecule has 3 aromatic carbocycles. The Bertz CT molecular complexity index is 1290. The van der Waals surface area contributed by atoms with E-state index in [2.05, 4.69) is 5.32 Å². The molecule has 4 amide bonds. The van der Waals surface area contributed by atoms with Gasteiger partial charge in [0.05, 0.1) is 5.69 Å². The van der Waals surface area contributed by atoms with Crippen molar-refractivity contribution in [2.75, 3.05) is 4.90 Å². The number of carbonyl (C=O) groups is 3. The Kier molecular flexibility index (Phi) is 6.24. The zero-order chi connectivity index (χ0) is 23.5. The van der Waals surface area contributed by atoms with Gasteiger partial charge < -0.3 is 4.74 Å². The molecule has 33 heavy (non-hydrogen) atoms. The van der Waals surface area contributed by atoms with Crippen molar-refractivity contribution in [3.05, 3.63) is 99.8 Å². The predicted molar refractivity (Wildman–Crippen MR) is 122 cm³/mol. The molecule has 8 heteroatoms. The first-order chi connectivity index (χ1) is 15.8. The molecule has 6 nitrogen and oxygen atoms in total. The molecule has 0 aromatic heterocycles. The van der Waals surface area contributed by atoms with Crippen LogP contribution in [-0.2, 0) is 16.2 Å². The van der Waals surface area contributed by atoms with Gasteiger partial charge in [0.1, 0.15) is 23.7 Å². The van der Waals surface area contributed by atoms with Crippen LogP contribution in [0.4, 0.5) is 14.9 Å². The summed E-state index contributed by atoms with van der Waals surface area (Å²) in [5.74, 6) is -1.53. The van der Waals surface area contributed by atoms with E-state index in [4.69, 9.17) is 16.3 Å². The lowest BCUT2D eigenvalue weighted by Crippen LogP contribution is -2.54. The Hall–Kier alpha value is -3.97. The summed E-state index contributed by atoms with van der Waals surface area (Å²) in [6.45, 7) is 1.95. The summed E-state index contributed by atoms with van der Waals surface area (Å²) < 4.78 is 18.9. The van der Waals surface area contributed by atoms with Crippen LogP contribution in [0.5, 0.6) is 5.75 Å². The number of benzene rings is 3. The summed E-state index contributed by atoms with van der Waals surface area (Å²) in [5.41, 5.74) is 2.01. The molecule has 0 unspecified atom stereocenters. The fourth-order valence-corrected chi connectivity index (χ4v) is 3.42. The van der Waals surface area contributed by atoms with Crippen molar-refractivity contribution in [1.29, 1.82) is 0 Å². The number of hydrogen-bond donors (Lipinski definition) is 1. The van der Waals surface area contributed by atoms with E-state index in [1.54, 1.807) is 55.5 Å². The molecular weight excluding hydrogens is 447 g/mol. The Morgan fingerprint density at radius 2 is 1.76 bits per heavy atom. The number of halogens is 2. The second kappa shape index (κ2) is 9.26. The summed E-state index contributed by atoms with van der Waals surface area (Å²) in [5, 5.41) is 2.57. The number of nitrogens with zero attached hydrogens (tertiary/aromatic N) is 1. The van der Waals surface area contributed by atoms with Crippen molar-refractivity contribution in [3.63, 3.8) is 0 Å². The van der Waals surface area contributed by atoms with E-state index in [0.29, 0.717) is 16.3 Å². The lowest BCUT2D eigenvalue weighted by Gasteiger charge is -2.26. The van der Waals surface area contributed by atoms with Gasteiger partial charge in [-0.05, 0) is 54.5 Å². The van der Waals surface area contributed by atoms with Crippen LogP contribution in [0.3, 0.4) is 0 Å². The average molecular weight is 465 g/mol. The quantitative estimate of drug-likeness (QED) is 0.424.